The van der Waals surface area contributed by atoms with Crippen LogP contribution >= 0.6 is 0 Å². The van der Waals surface area contributed by atoms with Crippen molar-refractivity contribution in [2.45, 2.75) is 38.6 Å². The molecule has 0 spiro atoms. The highest BCUT2D eigenvalue weighted by Crippen LogP contribution is 2.31. The number of aliphatic carboxylic acids is 1. The van der Waals surface area contributed by atoms with Crippen LogP contribution < -0.4 is 0 Å². The molecule has 1 aliphatic heterocycles. The smallest absolute Gasteiger partial charge is 0.308 e. The SMILES string of the molecule is C[C@@H]1[C@H](C(=O)O)CCCN1S(=O)(=O)CC1Cc2ccccc2C1. The third-order valence-electron chi connectivity index (χ3n) is 5.19. The molecule has 1 aromatic carbocycles. The molecule has 0 amide bonds. The summed E-state index contributed by atoms with van der Waals surface area (Å²) < 4.78 is 27.0. The lowest BCUT2D eigenvalue weighted by atomic mass is 9.92. The predicted octanol–water partition coefficient (Wildman–Crippen LogP) is 1.92. The molecule has 1 aromatic rings. The molecule has 0 saturated carbocycles. The Morgan fingerprint density at radius 2 is 1.87 bits per heavy atom. The summed E-state index contributed by atoms with van der Waals surface area (Å²) in [6.45, 7) is 2.16. The van der Waals surface area contributed by atoms with Crippen molar-refractivity contribution in [3.05, 3.63) is 35.4 Å². The van der Waals surface area contributed by atoms with Crippen molar-refractivity contribution < 1.29 is 18.3 Å². The first-order valence-electron chi connectivity index (χ1n) is 8.17. The quantitative estimate of drug-likeness (QED) is 0.911. The average molecular weight is 337 g/mol. The number of nitrogens with zero attached hydrogens (tertiary/aromatic N) is 1. The van der Waals surface area contributed by atoms with E-state index in [4.69, 9.17) is 0 Å². The van der Waals surface area contributed by atoms with E-state index in [1.807, 2.05) is 12.1 Å². The maximum atomic E-state index is 12.8. The van der Waals surface area contributed by atoms with Gasteiger partial charge >= 0.3 is 5.97 Å². The van der Waals surface area contributed by atoms with Gasteiger partial charge in [0.2, 0.25) is 10.0 Å². The Kier molecular flexibility index (Phi) is 4.47. The molecule has 1 N–H and O–H groups in total. The highest BCUT2D eigenvalue weighted by molar-refractivity contribution is 7.89. The Morgan fingerprint density at radius 1 is 1.26 bits per heavy atom. The van der Waals surface area contributed by atoms with Crippen LogP contribution in [0.1, 0.15) is 30.9 Å². The van der Waals surface area contributed by atoms with Crippen LogP contribution in [0.3, 0.4) is 0 Å². The van der Waals surface area contributed by atoms with Gasteiger partial charge in [0.05, 0.1) is 11.7 Å². The van der Waals surface area contributed by atoms with Gasteiger partial charge in [-0.25, -0.2) is 8.42 Å². The molecule has 1 heterocycles. The highest BCUT2D eigenvalue weighted by Gasteiger charge is 2.40. The van der Waals surface area contributed by atoms with Crippen molar-refractivity contribution in [3.63, 3.8) is 0 Å². The van der Waals surface area contributed by atoms with Crippen LogP contribution in [0.2, 0.25) is 0 Å². The summed E-state index contributed by atoms with van der Waals surface area (Å²) in [5.74, 6) is -1.29. The monoisotopic (exact) mass is 337 g/mol. The van der Waals surface area contributed by atoms with E-state index < -0.39 is 28.0 Å². The van der Waals surface area contributed by atoms with Crippen LogP contribution in [0.25, 0.3) is 0 Å². The number of piperidine rings is 1. The van der Waals surface area contributed by atoms with Crippen LogP contribution in [0.15, 0.2) is 24.3 Å². The van der Waals surface area contributed by atoms with E-state index in [1.165, 1.54) is 15.4 Å². The number of benzene rings is 1. The number of carboxylic acid groups (broad SMARTS) is 1. The van der Waals surface area contributed by atoms with Gasteiger partial charge < -0.3 is 5.11 Å². The van der Waals surface area contributed by atoms with Gasteiger partial charge in [-0.2, -0.15) is 4.31 Å². The standard InChI is InChI=1S/C17H23NO4S/c1-12-16(17(19)20)7-4-8-18(12)23(21,22)11-13-9-14-5-2-3-6-15(14)10-13/h2-3,5-6,12-13,16H,4,7-11H2,1H3,(H,19,20)/t12-,16-/m1/s1. The van der Waals surface area contributed by atoms with E-state index in [0.29, 0.717) is 19.4 Å². The zero-order chi connectivity index (χ0) is 16.6. The van der Waals surface area contributed by atoms with E-state index in [2.05, 4.69) is 12.1 Å². The van der Waals surface area contributed by atoms with Crippen LogP contribution in [0, 0.1) is 11.8 Å². The number of fused-ring (bicyclic) bond motifs is 1. The fraction of sp³-hybridized carbons (Fsp3) is 0.588. The van der Waals surface area contributed by atoms with Crippen LogP contribution in [0.5, 0.6) is 0 Å². The van der Waals surface area contributed by atoms with E-state index in [-0.39, 0.29) is 11.7 Å². The minimum absolute atomic E-state index is 0.0924. The van der Waals surface area contributed by atoms with E-state index >= 15 is 0 Å². The Balaban J connectivity index is 1.71. The van der Waals surface area contributed by atoms with Crippen LogP contribution in [-0.4, -0.2) is 42.1 Å². The molecule has 1 fully saturated rings. The summed E-state index contributed by atoms with van der Waals surface area (Å²) in [4.78, 5) is 11.3. The second kappa shape index (κ2) is 6.24. The fourth-order valence-electron chi connectivity index (χ4n) is 4.00. The lowest BCUT2D eigenvalue weighted by molar-refractivity contribution is -0.144. The topological polar surface area (TPSA) is 74.7 Å². The van der Waals surface area contributed by atoms with Crippen molar-refractivity contribution >= 4 is 16.0 Å². The van der Waals surface area contributed by atoms with Gasteiger partial charge in [0, 0.05) is 12.6 Å². The Morgan fingerprint density at radius 3 is 2.43 bits per heavy atom. The molecule has 2 atom stereocenters. The first kappa shape index (κ1) is 16.5. The zero-order valence-corrected chi connectivity index (χ0v) is 14.1. The Labute approximate surface area is 137 Å². The lowest BCUT2D eigenvalue weighted by Crippen LogP contribution is -2.50. The van der Waals surface area contributed by atoms with E-state index in [1.54, 1.807) is 6.92 Å². The minimum Gasteiger partial charge on any atom is -0.481 e. The Hall–Kier alpha value is -1.40. The summed E-state index contributed by atoms with van der Waals surface area (Å²) >= 11 is 0. The molecule has 0 unspecified atom stereocenters. The minimum atomic E-state index is -3.43. The first-order chi connectivity index (χ1) is 10.9. The van der Waals surface area contributed by atoms with E-state index in [0.717, 1.165) is 12.8 Å². The van der Waals surface area contributed by atoms with Gasteiger partial charge in [0.15, 0.2) is 0 Å². The summed E-state index contributed by atoms with van der Waals surface area (Å²) in [6, 6.07) is 7.63. The molecule has 5 nitrogen and oxygen atoms in total. The highest BCUT2D eigenvalue weighted by atomic mass is 32.2. The normalized spacial score (nSPS) is 26.1. The van der Waals surface area contributed by atoms with Gasteiger partial charge in [-0.15, -0.1) is 0 Å². The van der Waals surface area contributed by atoms with Gasteiger partial charge in [-0.1, -0.05) is 24.3 Å². The maximum absolute atomic E-state index is 12.8. The number of sulfonamides is 1. The third-order valence-corrected chi connectivity index (χ3v) is 7.31. The predicted molar refractivity (Wildman–Crippen MR) is 87.7 cm³/mol. The second-order valence-corrected chi connectivity index (χ2v) is 8.73. The molecule has 0 radical (unpaired) electrons. The maximum Gasteiger partial charge on any atom is 0.308 e. The van der Waals surface area contributed by atoms with Gasteiger partial charge in [0.25, 0.3) is 0 Å². The molecule has 0 bridgehead atoms. The van der Waals surface area contributed by atoms with Crippen molar-refractivity contribution in [3.8, 4) is 0 Å². The molecule has 1 saturated heterocycles. The molecule has 6 heteroatoms. The molecule has 126 valence electrons. The number of hydrogen-bond acceptors (Lipinski definition) is 3. The first-order valence-corrected chi connectivity index (χ1v) is 9.78. The largest absolute Gasteiger partial charge is 0.481 e. The summed E-state index contributed by atoms with van der Waals surface area (Å²) in [5, 5.41) is 9.27. The molecule has 23 heavy (non-hydrogen) atoms. The molecule has 2 aliphatic rings. The third kappa shape index (κ3) is 3.28. The van der Waals surface area contributed by atoms with Crippen molar-refractivity contribution in [2.75, 3.05) is 12.3 Å². The number of carbonyl (C=O) groups is 1. The van der Waals surface area contributed by atoms with Gasteiger partial charge in [-0.05, 0) is 49.7 Å². The molecular formula is C17H23NO4S. The summed E-state index contributed by atoms with van der Waals surface area (Å²) in [5.41, 5.74) is 2.48. The average Bonchev–Trinajstić information content (AvgIpc) is 2.88. The Bertz CT molecular complexity index is 675. The number of carboxylic acids is 1. The summed E-state index contributed by atoms with van der Waals surface area (Å²) in [7, 11) is -3.43. The zero-order valence-electron chi connectivity index (χ0n) is 13.3. The van der Waals surface area contributed by atoms with Gasteiger partial charge in [-0.3, -0.25) is 4.79 Å². The van der Waals surface area contributed by atoms with Gasteiger partial charge in [0.1, 0.15) is 0 Å². The number of rotatable bonds is 4. The second-order valence-electron chi connectivity index (χ2n) is 6.76. The van der Waals surface area contributed by atoms with Crippen LogP contribution in [0.4, 0.5) is 0 Å². The molecule has 1 aliphatic carbocycles. The van der Waals surface area contributed by atoms with Crippen molar-refractivity contribution in [1.29, 1.82) is 0 Å². The lowest BCUT2D eigenvalue weighted by Gasteiger charge is -2.36. The van der Waals surface area contributed by atoms with E-state index in [9.17, 15) is 18.3 Å². The van der Waals surface area contributed by atoms with Crippen LogP contribution in [-0.2, 0) is 27.7 Å². The summed E-state index contributed by atoms with van der Waals surface area (Å²) in [6.07, 6.45) is 2.75. The molecule has 3 rings (SSSR count). The number of hydrogen-bond donors (Lipinski definition) is 1. The molecular weight excluding hydrogens is 314 g/mol. The fourth-order valence-corrected chi connectivity index (χ4v) is 6.08. The van der Waals surface area contributed by atoms with Crippen molar-refractivity contribution in [1.82, 2.24) is 4.31 Å². The molecule has 0 aromatic heterocycles. The van der Waals surface area contributed by atoms with Crippen molar-refractivity contribution in [2.24, 2.45) is 11.8 Å².